The van der Waals surface area contributed by atoms with Gasteiger partial charge in [0.1, 0.15) is 5.75 Å². The second-order valence-electron chi connectivity index (χ2n) is 6.37. The molecule has 0 bridgehead atoms. The number of carbonyl (C=O) groups is 2. The number of benzene rings is 2. The van der Waals surface area contributed by atoms with Gasteiger partial charge in [0.05, 0.1) is 7.11 Å². The lowest BCUT2D eigenvalue weighted by Gasteiger charge is -2.17. The molecule has 0 unspecified atom stereocenters. The van der Waals surface area contributed by atoms with Crippen LogP contribution >= 0.6 is 0 Å². The first-order valence-corrected chi connectivity index (χ1v) is 8.62. The maximum atomic E-state index is 12.4. The zero-order valence-electron chi connectivity index (χ0n) is 15.0. The third-order valence-corrected chi connectivity index (χ3v) is 4.42. The van der Waals surface area contributed by atoms with Crippen LogP contribution in [0.4, 0.5) is 10.5 Å². The van der Waals surface area contributed by atoms with Gasteiger partial charge in [-0.2, -0.15) is 0 Å². The maximum absolute atomic E-state index is 12.4. The first-order valence-electron chi connectivity index (χ1n) is 8.62. The average molecular weight is 353 g/mol. The molecule has 3 rings (SSSR count). The van der Waals surface area contributed by atoms with E-state index >= 15 is 0 Å². The Morgan fingerprint density at radius 1 is 1.12 bits per heavy atom. The molecule has 2 N–H and O–H groups in total. The standard InChI is InChI=1S/C20H23N3O3/c1-14(24)21-18-10-11-23(13-18)20(25)22-17-8-6-15(7-9-17)16-4-3-5-19(12-16)26-2/h3-9,12,18H,10-11,13H2,1-2H3,(H,21,24)(H,22,25)/t18-/m0/s1. The van der Waals surface area contributed by atoms with Gasteiger partial charge in [-0.05, 0) is 41.8 Å². The van der Waals surface area contributed by atoms with Crippen LogP contribution in [-0.2, 0) is 4.79 Å². The maximum Gasteiger partial charge on any atom is 0.321 e. The monoisotopic (exact) mass is 353 g/mol. The Labute approximate surface area is 153 Å². The molecule has 3 amide bonds. The fourth-order valence-corrected chi connectivity index (χ4v) is 3.10. The lowest BCUT2D eigenvalue weighted by molar-refractivity contribution is -0.119. The Morgan fingerprint density at radius 3 is 2.58 bits per heavy atom. The summed E-state index contributed by atoms with van der Waals surface area (Å²) in [5.74, 6) is 0.744. The number of rotatable bonds is 4. The number of nitrogens with one attached hydrogen (secondary N) is 2. The highest BCUT2D eigenvalue weighted by Crippen LogP contribution is 2.25. The van der Waals surface area contributed by atoms with Crippen LogP contribution in [-0.4, -0.2) is 43.1 Å². The molecule has 0 radical (unpaired) electrons. The normalized spacial score (nSPS) is 16.2. The minimum Gasteiger partial charge on any atom is -0.497 e. The van der Waals surface area contributed by atoms with Gasteiger partial charge in [-0.15, -0.1) is 0 Å². The number of ether oxygens (including phenoxy) is 1. The van der Waals surface area contributed by atoms with Crippen molar-refractivity contribution < 1.29 is 14.3 Å². The van der Waals surface area contributed by atoms with E-state index < -0.39 is 0 Å². The molecule has 2 aromatic rings. The minimum atomic E-state index is -0.146. The van der Waals surface area contributed by atoms with Crippen LogP contribution in [0.2, 0.25) is 0 Å². The van der Waals surface area contributed by atoms with E-state index in [0.29, 0.717) is 13.1 Å². The predicted molar refractivity (Wildman–Crippen MR) is 101 cm³/mol. The van der Waals surface area contributed by atoms with Crippen molar-refractivity contribution in [3.8, 4) is 16.9 Å². The predicted octanol–water partition coefficient (Wildman–Crippen LogP) is 3.10. The number of carbonyl (C=O) groups excluding carboxylic acids is 2. The zero-order chi connectivity index (χ0) is 18.5. The molecule has 1 saturated heterocycles. The van der Waals surface area contributed by atoms with Gasteiger partial charge in [0.25, 0.3) is 0 Å². The summed E-state index contributed by atoms with van der Waals surface area (Å²) >= 11 is 0. The molecule has 1 fully saturated rings. The van der Waals surface area contributed by atoms with E-state index in [2.05, 4.69) is 10.6 Å². The van der Waals surface area contributed by atoms with E-state index in [9.17, 15) is 9.59 Å². The third kappa shape index (κ3) is 4.33. The lowest BCUT2D eigenvalue weighted by Crippen LogP contribution is -2.38. The first-order chi connectivity index (χ1) is 12.5. The van der Waals surface area contributed by atoms with Gasteiger partial charge in [0, 0.05) is 31.7 Å². The van der Waals surface area contributed by atoms with E-state index in [-0.39, 0.29) is 18.0 Å². The van der Waals surface area contributed by atoms with Crippen LogP contribution in [0.1, 0.15) is 13.3 Å². The molecule has 1 heterocycles. The molecule has 0 saturated carbocycles. The molecule has 1 aliphatic heterocycles. The molecular formula is C20H23N3O3. The van der Waals surface area contributed by atoms with Gasteiger partial charge < -0.3 is 20.3 Å². The summed E-state index contributed by atoms with van der Waals surface area (Å²) in [4.78, 5) is 25.2. The van der Waals surface area contributed by atoms with E-state index in [1.807, 2.05) is 48.5 Å². The molecule has 0 aromatic heterocycles. The van der Waals surface area contributed by atoms with Crippen LogP contribution in [0, 0.1) is 0 Å². The smallest absolute Gasteiger partial charge is 0.321 e. The molecule has 26 heavy (non-hydrogen) atoms. The van der Waals surface area contributed by atoms with Gasteiger partial charge in [-0.3, -0.25) is 4.79 Å². The number of anilines is 1. The Kier molecular flexibility index (Phi) is 5.41. The summed E-state index contributed by atoms with van der Waals surface area (Å²) in [6.07, 6.45) is 0.780. The third-order valence-electron chi connectivity index (χ3n) is 4.42. The van der Waals surface area contributed by atoms with Crippen LogP contribution in [0.5, 0.6) is 5.75 Å². The van der Waals surface area contributed by atoms with Crippen molar-refractivity contribution in [1.82, 2.24) is 10.2 Å². The number of likely N-dealkylation sites (tertiary alicyclic amines) is 1. The Bertz CT molecular complexity index is 789. The van der Waals surface area contributed by atoms with Crippen molar-refractivity contribution in [2.24, 2.45) is 0 Å². The molecule has 6 nitrogen and oxygen atoms in total. The van der Waals surface area contributed by atoms with E-state index in [1.54, 1.807) is 12.0 Å². The summed E-state index contributed by atoms with van der Waals surface area (Å²) < 4.78 is 5.25. The molecular weight excluding hydrogens is 330 g/mol. The second kappa shape index (κ2) is 7.91. The van der Waals surface area contributed by atoms with Crippen molar-refractivity contribution in [3.63, 3.8) is 0 Å². The molecule has 2 aromatic carbocycles. The summed E-state index contributed by atoms with van der Waals surface area (Å²) in [6.45, 7) is 2.67. The van der Waals surface area contributed by atoms with E-state index in [4.69, 9.17) is 4.74 Å². The van der Waals surface area contributed by atoms with Crippen LogP contribution < -0.4 is 15.4 Å². The number of urea groups is 1. The van der Waals surface area contributed by atoms with E-state index in [0.717, 1.165) is 29.0 Å². The van der Waals surface area contributed by atoms with Crippen LogP contribution in [0.15, 0.2) is 48.5 Å². The number of methoxy groups -OCH3 is 1. The zero-order valence-corrected chi connectivity index (χ0v) is 15.0. The number of amides is 3. The summed E-state index contributed by atoms with van der Waals surface area (Å²) in [7, 11) is 1.65. The quantitative estimate of drug-likeness (QED) is 0.887. The van der Waals surface area contributed by atoms with E-state index in [1.165, 1.54) is 6.92 Å². The van der Waals surface area contributed by atoms with Crippen molar-refractivity contribution in [2.75, 3.05) is 25.5 Å². The molecule has 0 spiro atoms. The highest BCUT2D eigenvalue weighted by Gasteiger charge is 2.26. The molecule has 6 heteroatoms. The number of hydrogen-bond acceptors (Lipinski definition) is 3. The van der Waals surface area contributed by atoms with Crippen molar-refractivity contribution in [3.05, 3.63) is 48.5 Å². The summed E-state index contributed by atoms with van der Waals surface area (Å²) in [5.41, 5.74) is 2.85. The van der Waals surface area contributed by atoms with Gasteiger partial charge in [0.15, 0.2) is 0 Å². The van der Waals surface area contributed by atoms with Crippen molar-refractivity contribution >= 4 is 17.6 Å². The summed E-state index contributed by atoms with van der Waals surface area (Å²) in [6, 6.07) is 15.4. The fourth-order valence-electron chi connectivity index (χ4n) is 3.10. The van der Waals surface area contributed by atoms with Gasteiger partial charge in [0.2, 0.25) is 5.91 Å². The minimum absolute atomic E-state index is 0.0358. The molecule has 1 atom stereocenters. The Balaban J connectivity index is 1.60. The number of nitrogens with zero attached hydrogens (tertiary/aromatic N) is 1. The molecule has 1 aliphatic rings. The topological polar surface area (TPSA) is 70.7 Å². The van der Waals surface area contributed by atoms with Crippen molar-refractivity contribution in [1.29, 1.82) is 0 Å². The van der Waals surface area contributed by atoms with Crippen molar-refractivity contribution in [2.45, 2.75) is 19.4 Å². The Morgan fingerprint density at radius 2 is 1.88 bits per heavy atom. The fraction of sp³-hybridized carbons (Fsp3) is 0.300. The highest BCUT2D eigenvalue weighted by atomic mass is 16.5. The van der Waals surface area contributed by atoms with Gasteiger partial charge in [-0.25, -0.2) is 4.79 Å². The second-order valence-corrected chi connectivity index (χ2v) is 6.37. The SMILES string of the molecule is COc1cccc(-c2ccc(NC(=O)N3CC[C@H](NC(C)=O)C3)cc2)c1. The lowest BCUT2D eigenvalue weighted by atomic mass is 10.1. The van der Waals surface area contributed by atoms with Gasteiger partial charge in [-0.1, -0.05) is 24.3 Å². The van der Waals surface area contributed by atoms with Gasteiger partial charge >= 0.3 is 6.03 Å². The molecule has 136 valence electrons. The first kappa shape index (κ1) is 17.8. The average Bonchev–Trinajstić information content (AvgIpc) is 3.10. The Hall–Kier alpha value is -3.02. The van der Waals surface area contributed by atoms with Crippen LogP contribution in [0.25, 0.3) is 11.1 Å². The largest absolute Gasteiger partial charge is 0.497 e. The highest BCUT2D eigenvalue weighted by molar-refractivity contribution is 5.90. The molecule has 0 aliphatic carbocycles. The van der Waals surface area contributed by atoms with Crippen LogP contribution in [0.3, 0.4) is 0 Å². The number of hydrogen-bond donors (Lipinski definition) is 2. The summed E-state index contributed by atoms with van der Waals surface area (Å²) in [5, 5.41) is 5.76.